The van der Waals surface area contributed by atoms with Gasteiger partial charge in [0.1, 0.15) is 17.8 Å². The van der Waals surface area contributed by atoms with E-state index in [2.05, 4.69) is 25.5 Å². The first-order chi connectivity index (χ1) is 13.2. The van der Waals surface area contributed by atoms with Gasteiger partial charge in [-0.05, 0) is 37.6 Å². The van der Waals surface area contributed by atoms with Gasteiger partial charge in [-0.25, -0.2) is 9.97 Å². The highest BCUT2D eigenvalue weighted by molar-refractivity contribution is 5.79. The van der Waals surface area contributed by atoms with Gasteiger partial charge in [0.15, 0.2) is 11.6 Å². The van der Waals surface area contributed by atoms with Gasteiger partial charge in [0.2, 0.25) is 0 Å². The van der Waals surface area contributed by atoms with Crippen LogP contribution in [0.5, 0.6) is 5.75 Å². The van der Waals surface area contributed by atoms with Crippen molar-refractivity contribution in [3.8, 4) is 5.75 Å². The molecule has 0 atom stereocenters. The first-order valence-corrected chi connectivity index (χ1v) is 9.23. The maximum atomic E-state index is 6.27. The van der Waals surface area contributed by atoms with Crippen molar-refractivity contribution in [2.24, 2.45) is 0 Å². The van der Waals surface area contributed by atoms with Crippen molar-refractivity contribution in [1.82, 2.24) is 14.9 Å². The third-order valence-electron chi connectivity index (χ3n) is 4.54. The van der Waals surface area contributed by atoms with Crippen LogP contribution in [-0.2, 0) is 4.74 Å². The molecule has 27 heavy (non-hydrogen) atoms. The number of aryl methyl sites for hydroxylation is 1. The molecule has 0 saturated carbocycles. The monoisotopic (exact) mass is 372 g/mol. The van der Waals surface area contributed by atoms with Crippen LogP contribution < -0.4 is 21.1 Å². The third-order valence-corrected chi connectivity index (χ3v) is 4.54. The molecule has 146 valence electrons. The summed E-state index contributed by atoms with van der Waals surface area (Å²) in [5, 5.41) is 6.57. The van der Waals surface area contributed by atoms with Crippen LogP contribution in [0.3, 0.4) is 0 Å². The van der Waals surface area contributed by atoms with Gasteiger partial charge in [-0.15, -0.1) is 0 Å². The summed E-state index contributed by atoms with van der Waals surface area (Å²) in [4.78, 5) is 11.0. The van der Waals surface area contributed by atoms with Gasteiger partial charge in [0, 0.05) is 19.6 Å². The third kappa shape index (κ3) is 5.21. The van der Waals surface area contributed by atoms with E-state index in [1.807, 2.05) is 25.1 Å². The predicted molar refractivity (Wildman–Crippen MR) is 108 cm³/mol. The van der Waals surface area contributed by atoms with Crippen molar-refractivity contribution in [3.05, 3.63) is 30.1 Å². The van der Waals surface area contributed by atoms with Crippen LogP contribution in [0.4, 0.5) is 23.0 Å². The second kappa shape index (κ2) is 9.38. The van der Waals surface area contributed by atoms with E-state index in [0.717, 1.165) is 62.8 Å². The summed E-state index contributed by atoms with van der Waals surface area (Å²) in [6, 6.07) is 5.91. The molecule has 2 aromatic rings. The van der Waals surface area contributed by atoms with Gasteiger partial charge < -0.3 is 25.8 Å². The van der Waals surface area contributed by atoms with E-state index in [4.69, 9.17) is 15.2 Å². The molecule has 1 aliphatic heterocycles. The number of benzene rings is 1. The summed E-state index contributed by atoms with van der Waals surface area (Å²) in [6.45, 7) is 7.51. The lowest BCUT2D eigenvalue weighted by Crippen LogP contribution is -2.37. The second-order valence-corrected chi connectivity index (χ2v) is 6.55. The molecule has 1 aromatic heterocycles. The lowest BCUT2D eigenvalue weighted by Gasteiger charge is -2.26. The van der Waals surface area contributed by atoms with Gasteiger partial charge in [-0.2, -0.15) is 0 Å². The fraction of sp³-hybridized carbons (Fsp3) is 0.474. The number of ether oxygens (including phenoxy) is 2. The lowest BCUT2D eigenvalue weighted by molar-refractivity contribution is 0.0378. The molecule has 2 heterocycles. The van der Waals surface area contributed by atoms with Crippen LogP contribution in [-0.4, -0.2) is 61.4 Å². The Bertz CT molecular complexity index is 749. The molecule has 8 nitrogen and oxygen atoms in total. The summed E-state index contributed by atoms with van der Waals surface area (Å²) in [7, 11) is 1.64. The first-order valence-electron chi connectivity index (χ1n) is 9.23. The summed E-state index contributed by atoms with van der Waals surface area (Å²) < 4.78 is 10.8. The Balaban J connectivity index is 1.59. The zero-order chi connectivity index (χ0) is 19.1. The maximum absolute atomic E-state index is 6.27. The number of hydrogen-bond acceptors (Lipinski definition) is 8. The van der Waals surface area contributed by atoms with Crippen LogP contribution in [0.15, 0.2) is 24.5 Å². The van der Waals surface area contributed by atoms with Crippen molar-refractivity contribution in [3.63, 3.8) is 0 Å². The van der Waals surface area contributed by atoms with Gasteiger partial charge >= 0.3 is 0 Å². The average molecular weight is 372 g/mol. The smallest absolute Gasteiger partial charge is 0.159 e. The molecule has 0 radical (unpaired) electrons. The second-order valence-electron chi connectivity index (χ2n) is 6.55. The minimum Gasteiger partial charge on any atom is -0.495 e. The molecular weight excluding hydrogens is 344 g/mol. The molecule has 0 bridgehead atoms. The van der Waals surface area contributed by atoms with Crippen molar-refractivity contribution < 1.29 is 9.47 Å². The molecule has 8 heteroatoms. The predicted octanol–water partition coefficient (Wildman–Crippen LogP) is 2.25. The Labute approximate surface area is 160 Å². The van der Waals surface area contributed by atoms with E-state index >= 15 is 0 Å². The van der Waals surface area contributed by atoms with Crippen LogP contribution in [0.1, 0.15) is 12.0 Å². The highest BCUT2D eigenvalue weighted by Crippen LogP contribution is 2.31. The topological polar surface area (TPSA) is 97.6 Å². The number of morpholine rings is 1. The zero-order valence-electron chi connectivity index (χ0n) is 16.0. The Hall–Kier alpha value is -2.58. The standard InChI is InChI=1S/C19H28N6O2/c1-14-4-5-16(26-2)15(12-14)24-19-17(20)18(22-13-23-19)21-6-3-7-25-8-10-27-11-9-25/h4-5,12-13H,3,6-11,20H2,1-2H3,(H2,21,22,23,24). The van der Waals surface area contributed by atoms with Gasteiger partial charge in [0.05, 0.1) is 26.0 Å². The molecule has 1 fully saturated rings. The van der Waals surface area contributed by atoms with E-state index in [9.17, 15) is 0 Å². The van der Waals surface area contributed by atoms with Gasteiger partial charge in [-0.3, -0.25) is 4.90 Å². The van der Waals surface area contributed by atoms with E-state index in [0.29, 0.717) is 17.3 Å². The van der Waals surface area contributed by atoms with E-state index in [1.165, 1.54) is 6.33 Å². The Kier molecular flexibility index (Phi) is 6.67. The Morgan fingerprint density at radius 1 is 1.22 bits per heavy atom. The number of nitrogens with zero attached hydrogens (tertiary/aromatic N) is 3. The minimum atomic E-state index is 0.493. The van der Waals surface area contributed by atoms with Crippen molar-refractivity contribution >= 4 is 23.0 Å². The highest BCUT2D eigenvalue weighted by Gasteiger charge is 2.12. The number of rotatable bonds is 8. The number of hydrogen-bond donors (Lipinski definition) is 3. The Morgan fingerprint density at radius 2 is 2.00 bits per heavy atom. The zero-order valence-corrected chi connectivity index (χ0v) is 16.0. The number of anilines is 4. The number of nitrogens with two attached hydrogens (primary N) is 1. The molecule has 4 N–H and O–H groups in total. The lowest BCUT2D eigenvalue weighted by atomic mass is 10.2. The largest absolute Gasteiger partial charge is 0.495 e. The molecule has 0 aliphatic carbocycles. The minimum absolute atomic E-state index is 0.493. The van der Waals surface area contributed by atoms with Crippen LogP contribution in [0, 0.1) is 6.92 Å². The van der Waals surface area contributed by atoms with Crippen LogP contribution in [0.2, 0.25) is 0 Å². The molecule has 3 rings (SSSR count). The number of aromatic nitrogens is 2. The number of nitrogen functional groups attached to an aromatic ring is 1. The van der Waals surface area contributed by atoms with E-state index in [-0.39, 0.29) is 0 Å². The summed E-state index contributed by atoms with van der Waals surface area (Å²) in [6.07, 6.45) is 2.52. The fourth-order valence-corrected chi connectivity index (χ4v) is 3.02. The maximum Gasteiger partial charge on any atom is 0.159 e. The van der Waals surface area contributed by atoms with Crippen LogP contribution >= 0.6 is 0 Å². The average Bonchev–Trinajstić information content (AvgIpc) is 2.69. The summed E-state index contributed by atoms with van der Waals surface area (Å²) >= 11 is 0. The fourth-order valence-electron chi connectivity index (χ4n) is 3.02. The van der Waals surface area contributed by atoms with E-state index < -0.39 is 0 Å². The number of nitrogens with one attached hydrogen (secondary N) is 2. The molecule has 0 unspecified atom stereocenters. The molecular formula is C19H28N6O2. The highest BCUT2D eigenvalue weighted by atomic mass is 16.5. The number of methoxy groups -OCH3 is 1. The SMILES string of the molecule is COc1ccc(C)cc1Nc1ncnc(NCCCN2CCOCC2)c1N. The molecule has 0 amide bonds. The van der Waals surface area contributed by atoms with Crippen molar-refractivity contribution in [2.75, 3.05) is 62.9 Å². The van der Waals surface area contributed by atoms with Crippen molar-refractivity contribution in [2.45, 2.75) is 13.3 Å². The summed E-state index contributed by atoms with van der Waals surface area (Å²) in [5.74, 6) is 1.93. The molecule has 1 saturated heterocycles. The summed E-state index contributed by atoms with van der Waals surface area (Å²) in [5.41, 5.74) is 8.70. The Morgan fingerprint density at radius 3 is 2.78 bits per heavy atom. The van der Waals surface area contributed by atoms with E-state index in [1.54, 1.807) is 7.11 Å². The van der Waals surface area contributed by atoms with Crippen molar-refractivity contribution in [1.29, 1.82) is 0 Å². The van der Waals surface area contributed by atoms with Gasteiger partial charge in [0.25, 0.3) is 0 Å². The van der Waals surface area contributed by atoms with Gasteiger partial charge in [-0.1, -0.05) is 6.07 Å². The molecule has 1 aliphatic rings. The molecule has 1 aromatic carbocycles. The quantitative estimate of drug-likeness (QED) is 0.607. The normalized spacial score (nSPS) is 14.7. The van der Waals surface area contributed by atoms with Crippen LogP contribution in [0.25, 0.3) is 0 Å². The first kappa shape index (κ1) is 19.2. The molecule has 0 spiro atoms.